The average molecular weight is 393 g/mol. The number of carbonyl (C=O) groups is 2. The maximum absolute atomic E-state index is 12.7. The predicted molar refractivity (Wildman–Crippen MR) is 104 cm³/mol. The summed E-state index contributed by atoms with van der Waals surface area (Å²) >= 11 is 0. The Morgan fingerprint density at radius 2 is 1.86 bits per heavy atom. The second kappa shape index (κ2) is 7.75. The van der Waals surface area contributed by atoms with Crippen molar-refractivity contribution in [3.8, 4) is 11.5 Å². The molecule has 0 unspecified atom stereocenters. The molecule has 8 heteroatoms. The summed E-state index contributed by atoms with van der Waals surface area (Å²) in [7, 11) is 0. The van der Waals surface area contributed by atoms with Crippen LogP contribution in [0.2, 0.25) is 0 Å². The molecule has 1 aliphatic heterocycles. The second-order valence-corrected chi connectivity index (χ2v) is 6.70. The number of para-hydroxylation sites is 1. The van der Waals surface area contributed by atoms with E-state index in [0.29, 0.717) is 12.1 Å². The third-order valence-corrected chi connectivity index (χ3v) is 4.72. The standard InChI is InChI=1S/C21H19N3O5/c1-14(20(26)23-12-11-15-7-5-6-10-17(15)23)28-18(25)13-24-21(27)29-19(22-24)16-8-3-2-4-9-16/h2-10,14H,11-13H2,1H3/t14-/m0/s1. The summed E-state index contributed by atoms with van der Waals surface area (Å²) in [5.41, 5.74) is 2.54. The van der Waals surface area contributed by atoms with Crippen LogP contribution < -0.4 is 10.7 Å². The Hall–Kier alpha value is -3.68. The quantitative estimate of drug-likeness (QED) is 0.616. The Balaban J connectivity index is 1.41. The van der Waals surface area contributed by atoms with Gasteiger partial charge in [0, 0.05) is 17.8 Å². The number of carbonyl (C=O) groups excluding carboxylic acids is 2. The van der Waals surface area contributed by atoms with Crippen molar-refractivity contribution in [1.82, 2.24) is 9.78 Å². The van der Waals surface area contributed by atoms with E-state index in [4.69, 9.17) is 9.15 Å². The number of hydrogen-bond donors (Lipinski definition) is 0. The first-order valence-electron chi connectivity index (χ1n) is 9.25. The molecule has 0 saturated heterocycles. The predicted octanol–water partition coefficient (Wildman–Crippen LogP) is 2.02. The van der Waals surface area contributed by atoms with Crippen molar-refractivity contribution >= 4 is 17.6 Å². The summed E-state index contributed by atoms with van der Waals surface area (Å²) in [5.74, 6) is -1.71. The summed E-state index contributed by atoms with van der Waals surface area (Å²) in [6.07, 6.45) is -0.219. The van der Waals surface area contributed by atoms with Gasteiger partial charge in [0.25, 0.3) is 5.91 Å². The molecule has 1 aromatic heterocycles. The van der Waals surface area contributed by atoms with Crippen LogP contribution in [0.15, 0.2) is 63.8 Å². The van der Waals surface area contributed by atoms with Gasteiger partial charge in [0.1, 0.15) is 6.54 Å². The Morgan fingerprint density at radius 1 is 1.14 bits per heavy atom. The number of benzene rings is 2. The molecular weight excluding hydrogens is 374 g/mol. The van der Waals surface area contributed by atoms with Crippen LogP contribution in [0.1, 0.15) is 12.5 Å². The van der Waals surface area contributed by atoms with Gasteiger partial charge in [-0.1, -0.05) is 36.4 Å². The zero-order valence-corrected chi connectivity index (χ0v) is 15.8. The monoisotopic (exact) mass is 393 g/mol. The van der Waals surface area contributed by atoms with E-state index in [9.17, 15) is 14.4 Å². The van der Waals surface area contributed by atoms with Gasteiger partial charge in [0.05, 0.1) is 0 Å². The fourth-order valence-corrected chi connectivity index (χ4v) is 3.30. The number of nitrogens with zero attached hydrogens (tertiary/aromatic N) is 3. The summed E-state index contributed by atoms with van der Waals surface area (Å²) in [4.78, 5) is 38.5. The number of esters is 1. The lowest BCUT2D eigenvalue weighted by Crippen LogP contribution is -2.39. The van der Waals surface area contributed by atoms with Crippen LogP contribution in [-0.2, 0) is 27.3 Å². The first kappa shape index (κ1) is 18.7. The molecule has 1 amide bonds. The van der Waals surface area contributed by atoms with E-state index in [0.717, 1.165) is 22.4 Å². The van der Waals surface area contributed by atoms with Gasteiger partial charge in [-0.3, -0.25) is 9.59 Å². The maximum atomic E-state index is 12.7. The lowest BCUT2D eigenvalue weighted by atomic mass is 10.2. The summed E-state index contributed by atoms with van der Waals surface area (Å²) in [6.45, 7) is 1.62. The average Bonchev–Trinajstić information content (AvgIpc) is 3.32. The molecule has 29 heavy (non-hydrogen) atoms. The largest absolute Gasteiger partial charge is 0.451 e. The fourth-order valence-electron chi connectivity index (χ4n) is 3.30. The van der Waals surface area contributed by atoms with E-state index in [1.807, 2.05) is 30.3 Å². The maximum Gasteiger partial charge on any atom is 0.437 e. The van der Waals surface area contributed by atoms with E-state index in [1.165, 1.54) is 6.92 Å². The Kier molecular flexibility index (Phi) is 4.99. The molecule has 2 heterocycles. The first-order chi connectivity index (χ1) is 14.0. The van der Waals surface area contributed by atoms with Gasteiger partial charge in [-0.25, -0.2) is 4.79 Å². The van der Waals surface area contributed by atoms with E-state index >= 15 is 0 Å². The molecule has 148 valence electrons. The van der Waals surface area contributed by atoms with E-state index in [1.54, 1.807) is 29.2 Å². The third kappa shape index (κ3) is 3.82. The van der Waals surface area contributed by atoms with E-state index in [2.05, 4.69) is 5.10 Å². The van der Waals surface area contributed by atoms with Crippen LogP contribution >= 0.6 is 0 Å². The van der Waals surface area contributed by atoms with Crippen molar-refractivity contribution in [2.24, 2.45) is 0 Å². The van der Waals surface area contributed by atoms with Crippen LogP contribution in [0.25, 0.3) is 11.5 Å². The molecule has 8 nitrogen and oxygen atoms in total. The van der Waals surface area contributed by atoms with Gasteiger partial charge >= 0.3 is 11.7 Å². The normalized spacial score (nSPS) is 13.8. The van der Waals surface area contributed by atoms with E-state index < -0.39 is 24.4 Å². The van der Waals surface area contributed by atoms with Gasteiger partial charge in [-0.05, 0) is 37.1 Å². The Morgan fingerprint density at radius 3 is 2.66 bits per heavy atom. The number of anilines is 1. The summed E-state index contributed by atoms with van der Waals surface area (Å²) in [5, 5.41) is 4.02. The van der Waals surface area contributed by atoms with Crippen LogP contribution in [0.5, 0.6) is 0 Å². The molecule has 3 aromatic rings. The van der Waals surface area contributed by atoms with Gasteiger partial charge in [-0.2, -0.15) is 4.68 Å². The molecule has 1 atom stereocenters. The minimum absolute atomic E-state index is 0.112. The highest BCUT2D eigenvalue weighted by atomic mass is 16.5. The number of ether oxygens (including phenoxy) is 1. The smallest absolute Gasteiger partial charge is 0.437 e. The number of fused-ring (bicyclic) bond motifs is 1. The minimum atomic E-state index is -0.982. The topological polar surface area (TPSA) is 94.6 Å². The van der Waals surface area contributed by atoms with Crippen molar-refractivity contribution in [3.63, 3.8) is 0 Å². The van der Waals surface area contributed by atoms with Gasteiger partial charge in [-0.15, -0.1) is 5.10 Å². The Labute approximate surface area is 166 Å². The number of hydrogen-bond acceptors (Lipinski definition) is 6. The van der Waals surface area contributed by atoms with Gasteiger partial charge < -0.3 is 14.1 Å². The van der Waals surface area contributed by atoms with Gasteiger partial charge in [0.2, 0.25) is 5.89 Å². The SMILES string of the molecule is C[C@H](OC(=O)Cn1nc(-c2ccccc2)oc1=O)C(=O)N1CCc2ccccc21. The molecule has 0 aliphatic carbocycles. The van der Waals surface area contributed by atoms with Gasteiger partial charge in [0.15, 0.2) is 6.10 Å². The van der Waals surface area contributed by atoms with Crippen LogP contribution in [0.3, 0.4) is 0 Å². The third-order valence-electron chi connectivity index (χ3n) is 4.72. The van der Waals surface area contributed by atoms with Crippen molar-refractivity contribution in [2.75, 3.05) is 11.4 Å². The molecule has 0 bridgehead atoms. The molecule has 0 fully saturated rings. The highest BCUT2D eigenvalue weighted by molar-refractivity contribution is 5.99. The number of rotatable bonds is 5. The molecule has 0 radical (unpaired) electrons. The molecule has 0 N–H and O–H groups in total. The molecule has 0 saturated carbocycles. The van der Waals surface area contributed by atoms with Crippen molar-refractivity contribution in [2.45, 2.75) is 26.0 Å². The number of aromatic nitrogens is 2. The highest BCUT2D eigenvalue weighted by Crippen LogP contribution is 2.28. The molecule has 1 aliphatic rings. The zero-order valence-electron chi connectivity index (χ0n) is 15.8. The van der Waals surface area contributed by atoms with Crippen molar-refractivity contribution in [3.05, 3.63) is 70.7 Å². The minimum Gasteiger partial charge on any atom is -0.451 e. The second-order valence-electron chi connectivity index (χ2n) is 6.70. The van der Waals surface area contributed by atoms with Crippen molar-refractivity contribution < 1.29 is 18.7 Å². The van der Waals surface area contributed by atoms with E-state index in [-0.39, 0.29) is 11.8 Å². The summed E-state index contributed by atoms with van der Waals surface area (Å²) < 4.78 is 11.2. The first-order valence-corrected chi connectivity index (χ1v) is 9.25. The fraction of sp³-hybridized carbons (Fsp3) is 0.238. The molecule has 0 spiro atoms. The number of amides is 1. The molecule has 4 rings (SSSR count). The summed E-state index contributed by atoms with van der Waals surface area (Å²) in [6, 6.07) is 16.5. The lowest BCUT2D eigenvalue weighted by Gasteiger charge is -2.21. The zero-order chi connectivity index (χ0) is 20.4. The van der Waals surface area contributed by atoms with Crippen LogP contribution in [0.4, 0.5) is 5.69 Å². The molecular formula is C21H19N3O5. The van der Waals surface area contributed by atoms with Crippen molar-refractivity contribution in [1.29, 1.82) is 0 Å². The molecule has 2 aromatic carbocycles. The lowest BCUT2D eigenvalue weighted by molar-refractivity contribution is -0.154. The van der Waals surface area contributed by atoms with Crippen LogP contribution in [-0.4, -0.2) is 34.3 Å². The highest BCUT2D eigenvalue weighted by Gasteiger charge is 2.30. The van der Waals surface area contributed by atoms with Crippen LogP contribution in [0, 0.1) is 0 Å². The Bertz CT molecular complexity index is 1100.